The summed E-state index contributed by atoms with van der Waals surface area (Å²) in [5.74, 6) is -1.98. The molecule has 8 heteroatoms. The molecule has 156 valence electrons. The largest absolute Gasteiger partial charge is 0.478 e. The number of azo groups is 2. The Morgan fingerprint density at radius 3 is 1.19 bits per heavy atom. The van der Waals surface area contributed by atoms with E-state index in [1.165, 1.54) is 24.3 Å². The van der Waals surface area contributed by atoms with Crippen LogP contribution in [0.3, 0.4) is 0 Å². The van der Waals surface area contributed by atoms with Crippen molar-refractivity contribution >= 4 is 45.5 Å². The first-order valence-corrected chi connectivity index (χ1v) is 9.52. The number of aromatic carboxylic acids is 2. The van der Waals surface area contributed by atoms with Crippen LogP contribution in [0.4, 0.5) is 22.7 Å². The van der Waals surface area contributed by atoms with Crippen LogP contribution in [-0.2, 0) is 0 Å². The van der Waals surface area contributed by atoms with Gasteiger partial charge in [-0.25, -0.2) is 9.59 Å². The predicted molar refractivity (Wildman–Crippen MR) is 119 cm³/mol. The second kappa shape index (κ2) is 8.97. The molecule has 32 heavy (non-hydrogen) atoms. The van der Waals surface area contributed by atoms with E-state index in [0.29, 0.717) is 22.7 Å². The number of carboxylic acid groups (broad SMARTS) is 2. The first-order valence-electron chi connectivity index (χ1n) is 9.52. The number of benzene rings is 4. The Morgan fingerprint density at radius 1 is 0.469 bits per heavy atom. The molecule has 0 heterocycles. The van der Waals surface area contributed by atoms with Gasteiger partial charge in [0.15, 0.2) is 0 Å². The van der Waals surface area contributed by atoms with Crippen LogP contribution in [-0.4, -0.2) is 22.2 Å². The Labute approximate surface area is 182 Å². The van der Waals surface area contributed by atoms with E-state index in [4.69, 9.17) is 10.2 Å². The lowest BCUT2D eigenvalue weighted by Gasteiger charge is -2.01. The molecule has 0 aliphatic heterocycles. The molecule has 0 spiro atoms. The molecule has 0 atom stereocenters. The van der Waals surface area contributed by atoms with E-state index in [9.17, 15) is 9.59 Å². The van der Waals surface area contributed by atoms with E-state index < -0.39 is 11.9 Å². The molecule has 8 nitrogen and oxygen atoms in total. The maximum absolute atomic E-state index is 10.9. The average Bonchev–Trinajstić information content (AvgIpc) is 2.81. The molecule has 4 aromatic carbocycles. The van der Waals surface area contributed by atoms with Crippen molar-refractivity contribution in [1.29, 1.82) is 0 Å². The number of rotatable bonds is 6. The minimum absolute atomic E-state index is 0.189. The van der Waals surface area contributed by atoms with Gasteiger partial charge in [0.05, 0.1) is 33.9 Å². The molecule has 0 aliphatic rings. The van der Waals surface area contributed by atoms with Crippen LogP contribution >= 0.6 is 0 Å². The maximum Gasteiger partial charge on any atom is 0.335 e. The van der Waals surface area contributed by atoms with E-state index in [1.54, 1.807) is 24.3 Å². The smallest absolute Gasteiger partial charge is 0.335 e. The Balaban J connectivity index is 1.53. The first-order chi connectivity index (χ1) is 15.5. The minimum atomic E-state index is -0.992. The van der Waals surface area contributed by atoms with Gasteiger partial charge in [0.1, 0.15) is 0 Å². The minimum Gasteiger partial charge on any atom is -0.478 e. The lowest BCUT2D eigenvalue weighted by atomic mass is 10.1. The van der Waals surface area contributed by atoms with Crippen molar-refractivity contribution in [2.45, 2.75) is 0 Å². The fourth-order valence-electron chi connectivity index (χ4n) is 2.92. The Kier molecular flexibility index (Phi) is 5.76. The summed E-state index contributed by atoms with van der Waals surface area (Å²) in [5, 5.41) is 36.5. The van der Waals surface area contributed by atoms with Crippen molar-refractivity contribution in [2.24, 2.45) is 20.5 Å². The molecule has 0 bridgehead atoms. The molecule has 0 saturated heterocycles. The van der Waals surface area contributed by atoms with E-state index >= 15 is 0 Å². The van der Waals surface area contributed by atoms with Gasteiger partial charge >= 0.3 is 11.9 Å². The van der Waals surface area contributed by atoms with Gasteiger partial charge in [0, 0.05) is 0 Å². The molecule has 0 radical (unpaired) electrons. The van der Waals surface area contributed by atoms with Crippen molar-refractivity contribution in [2.75, 3.05) is 0 Å². The number of carboxylic acids is 2. The lowest BCUT2D eigenvalue weighted by molar-refractivity contribution is 0.0686. The van der Waals surface area contributed by atoms with E-state index in [2.05, 4.69) is 20.5 Å². The van der Waals surface area contributed by atoms with Crippen molar-refractivity contribution in [3.8, 4) is 0 Å². The van der Waals surface area contributed by atoms with E-state index in [-0.39, 0.29) is 11.1 Å². The Bertz CT molecular complexity index is 1260. The van der Waals surface area contributed by atoms with Gasteiger partial charge < -0.3 is 10.2 Å². The van der Waals surface area contributed by atoms with Gasteiger partial charge in [0.25, 0.3) is 0 Å². The van der Waals surface area contributed by atoms with Gasteiger partial charge in [-0.2, -0.15) is 20.5 Å². The zero-order chi connectivity index (χ0) is 22.5. The molecular weight excluding hydrogens is 408 g/mol. The second-order valence-corrected chi connectivity index (χ2v) is 6.82. The number of nitrogens with zero attached hydrogens (tertiary/aromatic N) is 4. The quantitative estimate of drug-likeness (QED) is 0.321. The van der Waals surface area contributed by atoms with E-state index in [1.807, 2.05) is 36.4 Å². The summed E-state index contributed by atoms with van der Waals surface area (Å²) >= 11 is 0. The highest BCUT2D eigenvalue weighted by Crippen LogP contribution is 2.28. The van der Waals surface area contributed by atoms with Crippen LogP contribution in [0.25, 0.3) is 10.8 Å². The van der Waals surface area contributed by atoms with Gasteiger partial charge in [0.2, 0.25) is 0 Å². The van der Waals surface area contributed by atoms with Crippen LogP contribution in [0.5, 0.6) is 0 Å². The highest BCUT2D eigenvalue weighted by molar-refractivity contribution is 5.89. The topological polar surface area (TPSA) is 124 Å². The van der Waals surface area contributed by atoms with Crippen LogP contribution in [0.15, 0.2) is 105 Å². The first kappa shape index (κ1) is 20.5. The van der Waals surface area contributed by atoms with Crippen molar-refractivity contribution in [3.63, 3.8) is 0 Å². The molecule has 4 rings (SSSR count). The molecular formula is C24H16N4O4. The summed E-state index contributed by atoms with van der Waals surface area (Å²) in [7, 11) is 0. The number of carbonyl (C=O) groups is 2. The summed E-state index contributed by atoms with van der Waals surface area (Å²) in [4.78, 5) is 21.8. The molecule has 0 unspecified atom stereocenters. The fourth-order valence-corrected chi connectivity index (χ4v) is 2.92. The zero-order valence-corrected chi connectivity index (χ0v) is 16.6. The van der Waals surface area contributed by atoms with Crippen LogP contribution in [0, 0.1) is 0 Å². The molecule has 0 fully saturated rings. The highest BCUT2D eigenvalue weighted by atomic mass is 16.4. The third-order valence-electron chi connectivity index (χ3n) is 4.60. The standard InChI is InChI=1S/C24H16N4O4/c29-23(30)16-3-7-19(8-4-16)25-27-21-11-1-15-2-12-22(14-18(15)13-21)28-26-20-9-5-17(6-10-20)24(31)32/h1-14H,(H,29,30)(H,31,32). The summed E-state index contributed by atoms with van der Waals surface area (Å²) in [6, 6.07) is 23.5. The maximum atomic E-state index is 10.9. The van der Waals surface area contributed by atoms with Gasteiger partial charge in [-0.1, -0.05) is 12.1 Å². The molecule has 0 saturated carbocycles. The third kappa shape index (κ3) is 4.88. The highest BCUT2D eigenvalue weighted by Gasteiger charge is 2.03. The Morgan fingerprint density at radius 2 is 0.812 bits per heavy atom. The number of hydrogen-bond donors (Lipinski definition) is 2. The lowest BCUT2D eigenvalue weighted by Crippen LogP contribution is -1.93. The average molecular weight is 424 g/mol. The molecule has 4 aromatic rings. The van der Waals surface area contributed by atoms with Gasteiger partial charge in [-0.15, -0.1) is 0 Å². The monoisotopic (exact) mass is 424 g/mol. The predicted octanol–water partition coefficient (Wildman–Crippen LogP) is 7.07. The molecule has 0 aromatic heterocycles. The normalized spacial score (nSPS) is 11.4. The Hall–Kier alpha value is -4.72. The van der Waals surface area contributed by atoms with Crippen molar-refractivity contribution in [1.82, 2.24) is 0 Å². The number of fused-ring (bicyclic) bond motifs is 1. The van der Waals surface area contributed by atoms with Gasteiger partial charge in [-0.3, -0.25) is 0 Å². The molecule has 2 N–H and O–H groups in total. The third-order valence-corrected chi connectivity index (χ3v) is 4.60. The summed E-state index contributed by atoms with van der Waals surface area (Å²) in [5.41, 5.74) is 2.75. The molecule has 0 aliphatic carbocycles. The SMILES string of the molecule is O=C(O)c1ccc(N=Nc2ccc3ccc(N=Nc4ccc(C(=O)O)cc4)cc3c2)cc1. The van der Waals surface area contributed by atoms with Crippen molar-refractivity contribution < 1.29 is 19.8 Å². The van der Waals surface area contributed by atoms with Crippen molar-refractivity contribution in [3.05, 3.63) is 96.1 Å². The summed E-state index contributed by atoms with van der Waals surface area (Å²) in [6.07, 6.45) is 0. The summed E-state index contributed by atoms with van der Waals surface area (Å²) < 4.78 is 0. The summed E-state index contributed by atoms with van der Waals surface area (Å²) in [6.45, 7) is 0. The van der Waals surface area contributed by atoms with Gasteiger partial charge in [-0.05, 0) is 83.6 Å². The zero-order valence-electron chi connectivity index (χ0n) is 16.6. The van der Waals surface area contributed by atoms with E-state index in [0.717, 1.165) is 10.8 Å². The molecule has 0 amide bonds. The van der Waals surface area contributed by atoms with Crippen LogP contribution in [0.1, 0.15) is 20.7 Å². The number of hydrogen-bond acceptors (Lipinski definition) is 6. The fraction of sp³-hybridized carbons (Fsp3) is 0. The second-order valence-electron chi connectivity index (χ2n) is 6.82. The van der Waals surface area contributed by atoms with Crippen LogP contribution in [0.2, 0.25) is 0 Å². The van der Waals surface area contributed by atoms with Crippen LogP contribution < -0.4 is 0 Å².